The summed E-state index contributed by atoms with van der Waals surface area (Å²) < 4.78 is 1.78. The van der Waals surface area contributed by atoms with Crippen LogP contribution in [0, 0.1) is 0 Å². The highest BCUT2D eigenvalue weighted by atomic mass is 79.9. The molecule has 3 aromatic rings. The molecule has 0 fully saturated rings. The van der Waals surface area contributed by atoms with Crippen LogP contribution >= 0.6 is 50.7 Å². The molecule has 3 rings (SSSR count). The Hall–Kier alpha value is -2.13. The molecular formula is C22H21BrCl3N5O2. The van der Waals surface area contributed by atoms with Crippen LogP contribution in [0.4, 0.5) is 5.69 Å². The van der Waals surface area contributed by atoms with Crippen molar-refractivity contribution in [2.45, 2.75) is 20.8 Å². The van der Waals surface area contributed by atoms with E-state index in [4.69, 9.17) is 34.8 Å². The summed E-state index contributed by atoms with van der Waals surface area (Å²) in [6, 6.07) is 7.94. The van der Waals surface area contributed by atoms with Crippen LogP contribution in [-0.2, 0) is 0 Å². The Morgan fingerprint density at radius 3 is 2.30 bits per heavy atom. The van der Waals surface area contributed by atoms with Gasteiger partial charge in [0.1, 0.15) is 10.3 Å². The topological polar surface area (TPSA) is 71.3 Å². The number of rotatable bonds is 7. The molecule has 0 saturated carbocycles. The van der Waals surface area contributed by atoms with Gasteiger partial charge < -0.3 is 9.80 Å². The number of aromatic nitrogens is 3. The Kier molecular flexibility index (Phi) is 8.39. The van der Waals surface area contributed by atoms with E-state index in [-0.39, 0.29) is 34.4 Å². The Labute approximate surface area is 215 Å². The fraction of sp³-hybridized carbons (Fsp3) is 0.273. The number of pyridine rings is 1. The number of carbonyl (C=O) groups excluding carboxylic acids is 2. The lowest BCUT2D eigenvalue weighted by Crippen LogP contribution is -2.36. The maximum atomic E-state index is 13.8. The van der Waals surface area contributed by atoms with Gasteiger partial charge in [-0.1, -0.05) is 34.8 Å². The molecule has 174 valence electrons. The van der Waals surface area contributed by atoms with Gasteiger partial charge in [0.15, 0.2) is 5.82 Å². The van der Waals surface area contributed by atoms with Gasteiger partial charge in [0.2, 0.25) is 0 Å². The minimum atomic E-state index is -0.435. The molecule has 33 heavy (non-hydrogen) atoms. The minimum Gasteiger partial charge on any atom is -0.339 e. The molecule has 0 bridgehead atoms. The Morgan fingerprint density at radius 1 is 1.00 bits per heavy atom. The van der Waals surface area contributed by atoms with Gasteiger partial charge in [-0.15, -0.1) is 0 Å². The number of amides is 2. The van der Waals surface area contributed by atoms with Crippen LogP contribution in [-0.4, -0.2) is 51.1 Å². The van der Waals surface area contributed by atoms with E-state index in [2.05, 4.69) is 26.0 Å². The molecular weight excluding hydrogens is 553 g/mol. The molecule has 0 radical (unpaired) electrons. The van der Waals surface area contributed by atoms with Crippen molar-refractivity contribution in [1.82, 2.24) is 19.7 Å². The van der Waals surface area contributed by atoms with E-state index in [1.165, 1.54) is 21.7 Å². The van der Waals surface area contributed by atoms with Crippen molar-refractivity contribution in [3.63, 3.8) is 0 Å². The van der Waals surface area contributed by atoms with E-state index in [1.807, 2.05) is 13.8 Å². The third-order valence-corrected chi connectivity index (χ3v) is 6.17. The van der Waals surface area contributed by atoms with Gasteiger partial charge in [-0.3, -0.25) is 9.59 Å². The first-order valence-electron chi connectivity index (χ1n) is 10.2. The first-order chi connectivity index (χ1) is 15.7. The highest BCUT2D eigenvalue weighted by Gasteiger charge is 2.30. The normalized spacial score (nSPS) is 10.9. The molecule has 0 unspecified atom stereocenters. The number of anilines is 1. The number of nitrogens with zero attached hydrogens (tertiary/aromatic N) is 5. The quantitative estimate of drug-likeness (QED) is 0.341. The number of carbonyl (C=O) groups is 2. The Balaban J connectivity index is 2.17. The van der Waals surface area contributed by atoms with Crippen LogP contribution < -0.4 is 4.90 Å². The molecule has 0 N–H and O–H groups in total. The highest BCUT2D eigenvalue weighted by molar-refractivity contribution is 9.10. The van der Waals surface area contributed by atoms with Crippen LogP contribution in [0.1, 0.15) is 41.6 Å². The molecule has 0 aliphatic heterocycles. The summed E-state index contributed by atoms with van der Waals surface area (Å²) >= 11 is 22.4. The van der Waals surface area contributed by atoms with Gasteiger partial charge in [0, 0.05) is 36.9 Å². The van der Waals surface area contributed by atoms with Crippen molar-refractivity contribution in [3.8, 4) is 5.82 Å². The number of hydrogen-bond acceptors (Lipinski definition) is 4. The summed E-state index contributed by atoms with van der Waals surface area (Å²) in [6.45, 7) is 6.77. The molecule has 2 heterocycles. The number of benzene rings is 1. The molecule has 0 saturated heterocycles. The van der Waals surface area contributed by atoms with E-state index in [9.17, 15) is 9.59 Å². The highest BCUT2D eigenvalue weighted by Crippen LogP contribution is 2.35. The summed E-state index contributed by atoms with van der Waals surface area (Å²) in [4.78, 5) is 34.4. The molecule has 2 aromatic heterocycles. The van der Waals surface area contributed by atoms with Gasteiger partial charge in [0.05, 0.1) is 21.3 Å². The molecule has 7 nitrogen and oxygen atoms in total. The van der Waals surface area contributed by atoms with Crippen molar-refractivity contribution < 1.29 is 9.59 Å². The Bertz CT molecular complexity index is 1200. The van der Waals surface area contributed by atoms with Gasteiger partial charge in [-0.25, -0.2) is 9.67 Å². The van der Waals surface area contributed by atoms with E-state index in [1.54, 1.807) is 36.2 Å². The average molecular weight is 574 g/mol. The van der Waals surface area contributed by atoms with E-state index >= 15 is 0 Å². The van der Waals surface area contributed by atoms with Crippen LogP contribution in [0.25, 0.3) is 5.82 Å². The fourth-order valence-electron chi connectivity index (χ4n) is 3.43. The van der Waals surface area contributed by atoms with E-state index in [0.717, 1.165) is 0 Å². The summed E-state index contributed by atoms with van der Waals surface area (Å²) in [5, 5.41) is 5.15. The zero-order valence-electron chi connectivity index (χ0n) is 18.1. The summed E-state index contributed by atoms with van der Waals surface area (Å²) in [5.41, 5.74) is 0.713. The third-order valence-electron chi connectivity index (χ3n) is 4.98. The SMILES string of the molecule is CCN(CC)C(=O)c1cc(Cl)cc(Cl)c1N(CC)C(=O)c1cc(Br)nn1-c1ncccc1Cl. The zero-order chi connectivity index (χ0) is 24.3. The second-order valence-corrected chi connectivity index (χ2v) is 8.95. The smallest absolute Gasteiger partial charge is 0.277 e. The number of hydrogen-bond donors (Lipinski definition) is 0. The van der Waals surface area contributed by atoms with Crippen molar-refractivity contribution in [2.75, 3.05) is 24.5 Å². The lowest BCUT2D eigenvalue weighted by atomic mass is 10.1. The maximum Gasteiger partial charge on any atom is 0.277 e. The maximum absolute atomic E-state index is 13.8. The third kappa shape index (κ3) is 5.19. The van der Waals surface area contributed by atoms with Crippen molar-refractivity contribution in [3.05, 3.63) is 67.5 Å². The predicted molar refractivity (Wildman–Crippen MR) is 135 cm³/mol. The Morgan fingerprint density at radius 2 is 1.70 bits per heavy atom. The van der Waals surface area contributed by atoms with Gasteiger partial charge in [-0.2, -0.15) is 5.10 Å². The molecule has 0 atom stereocenters. The standard InChI is InChI=1S/C22H21BrCl3N5O2/c1-4-29(5-2)21(32)14-10-13(24)11-16(26)19(14)30(6-3)22(33)17-12-18(23)28-31(17)20-15(25)8-7-9-27-20/h7-12H,4-6H2,1-3H3. The lowest BCUT2D eigenvalue weighted by Gasteiger charge is -2.27. The monoisotopic (exact) mass is 571 g/mol. The summed E-state index contributed by atoms with van der Waals surface area (Å²) in [7, 11) is 0. The molecule has 0 spiro atoms. The van der Waals surface area contributed by atoms with Gasteiger partial charge in [-0.05, 0) is 61.0 Å². The molecule has 0 aliphatic carbocycles. The van der Waals surface area contributed by atoms with E-state index < -0.39 is 5.91 Å². The fourth-order valence-corrected chi connectivity index (χ4v) is 4.60. The number of halogens is 4. The summed E-state index contributed by atoms with van der Waals surface area (Å²) in [6.07, 6.45) is 1.56. The van der Waals surface area contributed by atoms with Crippen molar-refractivity contribution >= 4 is 68.2 Å². The largest absolute Gasteiger partial charge is 0.339 e. The zero-order valence-corrected chi connectivity index (χ0v) is 22.0. The molecule has 11 heteroatoms. The predicted octanol–water partition coefficient (Wildman–Crippen LogP) is 6.14. The summed E-state index contributed by atoms with van der Waals surface area (Å²) in [5.74, 6) is -0.408. The van der Waals surface area contributed by atoms with Crippen LogP contribution in [0.2, 0.25) is 15.1 Å². The van der Waals surface area contributed by atoms with Gasteiger partial charge >= 0.3 is 0 Å². The second-order valence-electron chi connectivity index (χ2n) is 6.88. The van der Waals surface area contributed by atoms with E-state index in [0.29, 0.717) is 33.6 Å². The molecule has 2 amide bonds. The van der Waals surface area contributed by atoms with Crippen LogP contribution in [0.5, 0.6) is 0 Å². The van der Waals surface area contributed by atoms with Crippen molar-refractivity contribution in [2.24, 2.45) is 0 Å². The van der Waals surface area contributed by atoms with Crippen molar-refractivity contribution in [1.29, 1.82) is 0 Å². The first-order valence-corrected chi connectivity index (χ1v) is 12.1. The lowest BCUT2D eigenvalue weighted by molar-refractivity contribution is 0.0773. The van der Waals surface area contributed by atoms with Gasteiger partial charge in [0.25, 0.3) is 11.8 Å². The second kappa shape index (κ2) is 10.9. The van der Waals surface area contributed by atoms with Crippen LogP contribution in [0.3, 0.4) is 0 Å². The molecule has 0 aliphatic rings. The van der Waals surface area contributed by atoms with Crippen LogP contribution in [0.15, 0.2) is 41.1 Å². The molecule has 1 aromatic carbocycles. The average Bonchev–Trinajstić information content (AvgIpc) is 3.17. The minimum absolute atomic E-state index is 0.189. The first kappa shape index (κ1) is 25.5.